The third-order valence-electron chi connectivity index (χ3n) is 2.36. The fourth-order valence-corrected chi connectivity index (χ4v) is 2.30. The maximum atomic E-state index is 3.40. The van der Waals surface area contributed by atoms with Gasteiger partial charge in [-0.3, -0.25) is 0 Å². The van der Waals surface area contributed by atoms with Crippen LogP contribution >= 0.6 is 11.3 Å². The van der Waals surface area contributed by atoms with Crippen molar-refractivity contribution in [3.05, 3.63) is 47.2 Å². The summed E-state index contributed by atoms with van der Waals surface area (Å²) >= 11 is 1.72. The van der Waals surface area contributed by atoms with Crippen LogP contribution < -0.4 is 0 Å². The van der Waals surface area contributed by atoms with Gasteiger partial charge >= 0.3 is 0 Å². The Balaban J connectivity index is 2.24. The van der Waals surface area contributed by atoms with Crippen molar-refractivity contribution in [1.29, 1.82) is 0 Å². The van der Waals surface area contributed by atoms with Gasteiger partial charge in [0.2, 0.25) is 0 Å². The van der Waals surface area contributed by atoms with Gasteiger partial charge in [-0.15, -0.1) is 0 Å². The van der Waals surface area contributed by atoms with E-state index in [0.29, 0.717) is 0 Å². The first-order valence-electron chi connectivity index (χ1n) is 4.54. The highest BCUT2D eigenvalue weighted by molar-refractivity contribution is 7.08. The summed E-state index contributed by atoms with van der Waals surface area (Å²) < 4.78 is 0. The van der Waals surface area contributed by atoms with Gasteiger partial charge in [-0.25, -0.2) is 0 Å². The third-order valence-corrected chi connectivity index (χ3v) is 3.05. The van der Waals surface area contributed by atoms with Crippen LogP contribution in [0.4, 0.5) is 0 Å². The lowest BCUT2D eigenvalue weighted by Crippen LogP contribution is -1.69. The van der Waals surface area contributed by atoms with E-state index >= 15 is 0 Å². The van der Waals surface area contributed by atoms with Crippen LogP contribution in [0.3, 0.4) is 0 Å². The molecule has 1 aromatic carbocycles. The molecular weight excluding hydrogens is 190 g/mol. The van der Waals surface area contributed by atoms with Gasteiger partial charge in [0.05, 0.1) is 0 Å². The number of aromatic amines is 1. The Labute approximate surface area is 86.0 Å². The number of aromatic nitrogens is 1. The monoisotopic (exact) mass is 199 g/mol. The summed E-state index contributed by atoms with van der Waals surface area (Å²) in [7, 11) is 0. The molecule has 14 heavy (non-hydrogen) atoms. The van der Waals surface area contributed by atoms with Crippen LogP contribution in [-0.4, -0.2) is 4.98 Å². The summed E-state index contributed by atoms with van der Waals surface area (Å²) in [6.07, 6.45) is 0. The van der Waals surface area contributed by atoms with Crippen molar-refractivity contribution >= 4 is 22.2 Å². The van der Waals surface area contributed by atoms with E-state index in [1.807, 2.05) is 0 Å². The van der Waals surface area contributed by atoms with Gasteiger partial charge in [-0.05, 0) is 23.6 Å². The van der Waals surface area contributed by atoms with Gasteiger partial charge in [-0.1, -0.05) is 18.2 Å². The van der Waals surface area contributed by atoms with E-state index in [9.17, 15) is 0 Å². The summed E-state index contributed by atoms with van der Waals surface area (Å²) in [4.78, 5) is 3.40. The first kappa shape index (κ1) is 7.83. The minimum Gasteiger partial charge on any atom is -0.355 e. The van der Waals surface area contributed by atoms with E-state index in [0.717, 1.165) is 0 Å². The average molecular weight is 199 g/mol. The van der Waals surface area contributed by atoms with Crippen molar-refractivity contribution in [3.63, 3.8) is 0 Å². The van der Waals surface area contributed by atoms with E-state index in [2.05, 4.69) is 52.1 Å². The number of hydrogen-bond acceptors (Lipinski definition) is 1. The lowest BCUT2D eigenvalue weighted by atomic mass is 10.2. The van der Waals surface area contributed by atoms with Crippen molar-refractivity contribution in [1.82, 2.24) is 4.98 Å². The number of thiophene rings is 1. The summed E-state index contributed by atoms with van der Waals surface area (Å²) in [6, 6.07) is 12.7. The number of H-pyrrole nitrogens is 1. The highest BCUT2D eigenvalue weighted by atomic mass is 32.1. The molecule has 0 aliphatic carbocycles. The molecule has 1 nitrogen and oxygen atoms in total. The van der Waals surface area contributed by atoms with Gasteiger partial charge in [0.25, 0.3) is 0 Å². The molecule has 0 bridgehead atoms. The van der Waals surface area contributed by atoms with Crippen LogP contribution in [0.1, 0.15) is 0 Å². The summed E-state index contributed by atoms with van der Waals surface area (Å²) in [5.41, 5.74) is 3.67. The Morgan fingerprint density at radius 1 is 1.07 bits per heavy atom. The van der Waals surface area contributed by atoms with Gasteiger partial charge < -0.3 is 4.98 Å². The SMILES string of the molecule is c1ccc2[nH]c(-c3ccsc3)cc2c1. The van der Waals surface area contributed by atoms with Crippen molar-refractivity contribution in [2.45, 2.75) is 0 Å². The molecule has 0 saturated carbocycles. The molecule has 0 unspecified atom stereocenters. The van der Waals surface area contributed by atoms with E-state index in [1.165, 1.54) is 22.2 Å². The van der Waals surface area contributed by atoms with Gasteiger partial charge in [0.1, 0.15) is 0 Å². The fraction of sp³-hybridized carbons (Fsp3) is 0. The Bertz CT molecular complexity index is 515. The Hall–Kier alpha value is -1.54. The second-order valence-corrected chi connectivity index (χ2v) is 4.06. The summed E-state index contributed by atoms with van der Waals surface area (Å²) in [6.45, 7) is 0. The molecule has 1 N–H and O–H groups in total. The standard InChI is InChI=1S/C12H9NS/c1-2-4-11-9(3-1)7-12(13-11)10-5-6-14-8-10/h1-8,13H. The molecular formula is C12H9NS. The van der Waals surface area contributed by atoms with Crippen molar-refractivity contribution in [2.24, 2.45) is 0 Å². The predicted molar refractivity (Wildman–Crippen MR) is 61.6 cm³/mol. The molecule has 0 fully saturated rings. The smallest absolute Gasteiger partial charge is 0.0473 e. The maximum absolute atomic E-state index is 3.40. The molecule has 0 radical (unpaired) electrons. The van der Waals surface area contributed by atoms with E-state index < -0.39 is 0 Å². The minimum atomic E-state index is 1.20. The molecule has 2 aromatic heterocycles. The number of fused-ring (bicyclic) bond motifs is 1. The van der Waals surface area contributed by atoms with Gasteiger partial charge in [-0.2, -0.15) is 11.3 Å². The lowest BCUT2D eigenvalue weighted by Gasteiger charge is -1.88. The molecule has 0 saturated heterocycles. The zero-order chi connectivity index (χ0) is 9.38. The van der Waals surface area contributed by atoms with E-state index in [1.54, 1.807) is 11.3 Å². The normalized spacial score (nSPS) is 10.9. The van der Waals surface area contributed by atoms with E-state index in [4.69, 9.17) is 0 Å². The Morgan fingerprint density at radius 3 is 2.79 bits per heavy atom. The van der Waals surface area contributed by atoms with Crippen molar-refractivity contribution in [2.75, 3.05) is 0 Å². The molecule has 0 atom stereocenters. The summed E-state index contributed by atoms with van der Waals surface area (Å²) in [5.74, 6) is 0. The number of benzene rings is 1. The fourth-order valence-electron chi connectivity index (χ4n) is 1.65. The molecule has 0 amide bonds. The van der Waals surface area contributed by atoms with Crippen LogP contribution in [0, 0.1) is 0 Å². The first-order chi connectivity index (χ1) is 6.93. The zero-order valence-corrected chi connectivity index (χ0v) is 8.34. The Kier molecular flexibility index (Phi) is 1.67. The number of hydrogen-bond donors (Lipinski definition) is 1. The molecule has 0 spiro atoms. The second kappa shape index (κ2) is 3.00. The van der Waals surface area contributed by atoms with Crippen LogP contribution in [0.2, 0.25) is 0 Å². The maximum Gasteiger partial charge on any atom is 0.0473 e. The topological polar surface area (TPSA) is 15.8 Å². The Morgan fingerprint density at radius 2 is 2.00 bits per heavy atom. The number of rotatable bonds is 1. The highest BCUT2D eigenvalue weighted by Crippen LogP contribution is 2.25. The van der Waals surface area contributed by atoms with Gasteiger partial charge in [0, 0.05) is 27.5 Å². The quantitative estimate of drug-likeness (QED) is 0.612. The molecule has 0 aliphatic heterocycles. The van der Waals surface area contributed by atoms with Crippen LogP contribution in [-0.2, 0) is 0 Å². The zero-order valence-electron chi connectivity index (χ0n) is 7.53. The average Bonchev–Trinajstić information content (AvgIpc) is 2.86. The lowest BCUT2D eigenvalue weighted by molar-refractivity contribution is 1.47. The molecule has 3 rings (SSSR count). The predicted octanol–water partition coefficient (Wildman–Crippen LogP) is 3.90. The van der Waals surface area contributed by atoms with E-state index in [-0.39, 0.29) is 0 Å². The summed E-state index contributed by atoms with van der Waals surface area (Å²) in [5, 5.41) is 5.53. The van der Waals surface area contributed by atoms with Crippen LogP contribution in [0.25, 0.3) is 22.2 Å². The second-order valence-electron chi connectivity index (χ2n) is 3.28. The molecule has 2 heteroatoms. The molecule has 0 aliphatic rings. The van der Waals surface area contributed by atoms with Gasteiger partial charge in [0.15, 0.2) is 0 Å². The third kappa shape index (κ3) is 1.16. The number of nitrogens with one attached hydrogen (secondary N) is 1. The minimum absolute atomic E-state index is 1.20. The van der Waals surface area contributed by atoms with Crippen molar-refractivity contribution in [3.8, 4) is 11.3 Å². The largest absolute Gasteiger partial charge is 0.355 e. The van der Waals surface area contributed by atoms with Crippen LogP contribution in [0.15, 0.2) is 47.2 Å². The molecule has 2 heterocycles. The number of para-hydroxylation sites is 1. The molecule has 68 valence electrons. The molecule has 3 aromatic rings. The highest BCUT2D eigenvalue weighted by Gasteiger charge is 2.01. The van der Waals surface area contributed by atoms with Crippen LogP contribution in [0.5, 0.6) is 0 Å². The first-order valence-corrected chi connectivity index (χ1v) is 5.48. The van der Waals surface area contributed by atoms with Crippen molar-refractivity contribution < 1.29 is 0 Å².